The Morgan fingerprint density at radius 2 is 1.58 bits per heavy atom. The number of thiocarbonyl (C=S) groups is 1. The summed E-state index contributed by atoms with van der Waals surface area (Å²) in [6.45, 7) is 1.68. The molecule has 0 saturated heterocycles. The Hall–Kier alpha value is -3.06. The highest BCUT2D eigenvalue weighted by molar-refractivity contribution is 7.80. The topological polar surface area (TPSA) is 78.5 Å². The molecule has 0 fully saturated rings. The van der Waals surface area contributed by atoms with Crippen molar-refractivity contribution in [2.75, 3.05) is 11.9 Å². The maximum Gasteiger partial charge on any atom is 0.262 e. The second-order valence-electron chi connectivity index (χ2n) is 5.79. The number of aryl methyl sites for hydroxylation is 1. The number of imide groups is 1. The number of hydrogen-bond donors (Lipinski definition) is 2. The summed E-state index contributed by atoms with van der Waals surface area (Å²) in [6, 6.07) is 14.1. The first-order valence-electron chi connectivity index (χ1n) is 8.14. The fourth-order valence-electron chi connectivity index (χ4n) is 2.68. The number of hydrogen-bond acceptors (Lipinski definition) is 4. The number of carbonyl (C=O) groups is 3. The van der Waals surface area contributed by atoms with Gasteiger partial charge in [-0.2, -0.15) is 0 Å². The lowest BCUT2D eigenvalue weighted by molar-refractivity contribution is -0.120. The number of benzene rings is 2. The Bertz CT molecular complexity index is 858. The van der Waals surface area contributed by atoms with E-state index >= 15 is 0 Å². The molecule has 6 nitrogen and oxygen atoms in total. The Morgan fingerprint density at radius 1 is 1.00 bits per heavy atom. The fraction of sp³-hybridized carbons (Fsp3) is 0.158. The smallest absolute Gasteiger partial charge is 0.262 e. The van der Waals surface area contributed by atoms with Gasteiger partial charge < -0.3 is 10.6 Å². The van der Waals surface area contributed by atoms with Gasteiger partial charge in [-0.1, -0.05) is 31.2 Å². The summed E-state index contributed by atoms with van der Waals surface area (Å²) < 4.78 is 0. The molecule has 0 radical (unpaired) electrons. The minimum Gasteiger partial charge on any atom is -0.332 e. The maximum absolute atomic E-state index is 12.3. The van der Waals surface area contributed by atoms with Gasteiger partial charge in [-0.05, 0) is 48.5 Å². The SMILES string of the molecule is CCc1ccc(NC(=S)NC(=O)CN2C(=O)c3ccccc3C2=O)cc1. The molecule has 1 heterocycles. The van der Waals surface area contributed by atoms with Gasteiger partial charge in [0.05, 0.1) is 11.1 Å². The van der Waals surface area contributed by atoms with Gasteiger partial charge in [0.15, 0.2) is 5.11 Å². The van der Waals surface area contributed by atoms with Crippen molar-refractivity contribution in [2.45, 2.75) is 13.3 Å². The van der Waals surface area contributed by atoms with Gasteiger partial charge in [-0.3, -0.25) is 19.3 Å². The first kappa shape index (κ1) is 17.8. The predicted octanol–water partition coefficient (Wildman–Crippen LogP) is 2.36. The lowest BCUT2D eigenvalue weighted by Crippen LogP contribution is -2.43. The van der Waals surface area contributed by atoms with E-state index in [9.17, 15) is 14.4 Å². The zero-order valence-corrected chi connectivity index (χ0v) is 14.9. The lowest BCUT2D eigenvalue weighted by Gasteiger charge is -2.14. The van der Waals surface area contributed by atoms with Gasteiger partial charge in [-0.15, -0.1) is 0 Å². The Labute approximate surface area is 156 Å². The fourth-order valence-corrected chi connectivity index (χ4v) is 2.91. The highest BCUT2D eigenvalue weighted by Crippen LogP contribution is 2.21. The summed E-state index contributed by atoms with van der Waals surface area (Å²) in [6.07, 6.45) is 0.932. The maximum atomic E-state index is 12.3. The molecule has 0 aliphatic carbocycles. The molecule has 0 aromatic heterocycles. The molecule has 1 aliphatic rings. The third kappa shape index (κ3) is 3.62. The largest absolute Gasteiger partial charge is 0.332 e. The van der Waals surface area contributed by atoms with E-state index in [4.69, 9.17) is 12.2 Å². The first-order chi connectivity index (χ1) is 12.5. The van der Waals surface area contributed by atoms with Crippen LogP contribution in [0.4, 0.5) is 5.69 Å². The van der Waals surface area contributed by atoms with Crippen LogP contribution in [0.2, 0.25) is 0 Å². The van der Waals surface area contributed by atoms with Crippen molar-refractivity contribution < 1.29 is 14.4 Å². The van der Waals surface area contributed by atoms with E-state index in [-0.39, 0.29) is 11.7 Å². The normalized spacial score (nSPS) is 12.7. The molecule has 26 heavy (non-hydrogen) atoms. The van der Waals surface area contributed by atoms with Crippen LogP contribution >= 0.6 is 12.2 Å². The van der Waals surface area contributed by atoms with Gasteiger partial charge in [0.1, 0.15) is 6.54 Å². The number of fused-ring (bicyclic) bond motifs is 1. The molecule has 0 bridgehead atoms. The van der Waals surface area contributed by atoms with Crippen molar-refractivity contribution in [1.29, 1.82) is 0 Å². The standard InChI is InChI=1S/C19H17N3O3S/c1-2-12-7-9-13(10-8-12)20-19(26)21-16(23)11-22-17(24)14-5-3-4-6-15(14)18(22)25/h3-10H,2,11H2,1H3,(H2,20,21,23,26). The van der Waals surface area contributed by atoms with Crippen LogP contribution in [-0.4, -0.2) is 34.3 Å². The van der Waals surface area contributed by atoms with Gasteiger partial charge in [0.2, 0.25) is 5.91 Å². The van der Waals surface area contributed by atoms with E-state index < -0.39 is 17.7 Å². The number of carbonyl (C=O) groups excluding carboxylic acids is 3. The van der Waals surface area contributed by atoms with Gasteiger partial charge in [-0.25, -0.2) is 0 Å². The van der Waals surface area contributed by atoms with Gasteiger partial charge in [0.25, 0.3) is 11.8 Å². The van der Waals surface area contributed by atoms with Crippen LogP contribution in [0, 0.1) is 0 Å². The van der Waals surface area contributed by atoms with E-state index in [1.54, 1.807) is 24.3 Å². The summed E-state index contributed by atoms with van der Waals surface area (Å²) in [4.78, 5) is 37.6. The molecular formula is C19H17N3O3S. The van der Waals surface area contributed by atoms with E-state index in [1.165, 1.54) is 5.56 Å². The van der Waals surface area contributed by atoms with Crippen molar-refractivity contribution >= 4 is 40.7 Å². The summed E-state index contributed by atoms with van der Waals surface area (Å²) in [5, 5.41) is 5.49. The number of amides is 3. The van der Waals surface area contributed by atoms with Gasteiger partial charge >= 0.3 is 0 Å². The molecule has 2 aromatic carbocycles. The van der Waals surface area contributed by atoms with Gasteiger partial charge in [0, 0.05) is 5.69 Å². The molecular weight excluding hydrogens is 350 g/mol. The van der Waals surface area contributed by atoms with Crippen LogP contribution in [0.3, 0.4) is 0 Å². The molecule has 0 spiro atoms. The molecule has 3 rings (SSSR count). The Kier molecular flexibility index (Phi) is 5.09. The van der Waals surface area contributed by atoms with Crippen LogP contribution in [0.5, 0.6) is 0 Å². The highest BCUT2D eigenvalue weighted by atomic mass is 32.1. The first-order valence-corrected chi connectivity index (χ1v) is 8.55. The van der Waals surface area contributed by atoms with E-state index in [0.29, 0.717) is 11.1 Å². The molecule has 7 heteroatoms. The number of nitrogens with zero attached hydrogens (tertiary/aromatic N) is 1. The van der Waals surface area contributed by atoms with Crippen molar-refractivity contribution in [2.24, 2.45) is 0 Å². The summed E-state index contributed by atoms with van der Waals surface area (Å²) in [5.74, 6) is -1.49. The molecule has 0 saturated carbocycles. The van der Waals surface area contributed by atoms with Crippen molar-refractivity contribution in [3.05, 3.63) is 65.2 Å². The Morgan fingerprint density at radius 3 is 2.12 bits per heavy atom. The second kappa shape index (κ2) is 7.45. The summed E-state index contributed by atoms with van der Waals surface area (Å²) in [7, 11) is 0. The van der Waals surface area contributed by atoms with Crippen molar-refractivity contribution in [1.82, 2.24) is 10.2 Å². The average molecular weight is 367 g/mol. The molecule has 2 N–H and O–H groups in total. The van der Waals surface area contributed by atoms with E-state index in [0.717, 1.165) is 17.0 Å². The molecule has 132 valence electrons. The van der Waals surface area contributed by atoms with E-state index in [2.05, 4.69) is 17.6 Å². The molecule has 1 aliphatic heterocycles. The van der Waals surface area contributed by atoms with E-state index in [1.807, 2.05) is 24.3 Å². The van der Waals surface area contributed by atoms with Crippen molar-refractivity contribution in [3.63, 3.8) is 0 Å². The molecule has 0 atom stereocenters. The number of nitrogens with one attached hydrogen (secondary N) is 2. The Balaban J connectivity index is 1.58. The molecule has 3 amide bonds. The van der Waals surface area contributed by atoms with Crippen LogP contribution < -0.4 is 10.6 Å². The number of rotatable bonds is 4. The number of anilines is 1. The average Bonchev–Trinajstić information content (AvgIpc) is 2.87. The predicted molar refractivity (Wildman–Crippen MR) is 102 cm³/mol. The molecule has 0 unspecified atom stereocenters. The quantitative estimate of drug-likeness (QED) is 0.641. The zero-order chi connectivity index (χ0) is 18.7. The molecule has 2 aromatic rings. The minimum atomic E-state index is -0.540. The highest BCUT2D eigenvalue weighted by Gasteiger charge is 2.36. The van der Waals surface area contributed by atoms with Crippen molar-refractivity contribution in [3.8, 4) is 0 Å². The summed E-state index contributed by atoms with van der Waals surface area (Å²) >= 11 is 5.11. The monoisotopic (exact) mass is 367 g/mol. The van der Waals surface area contributed by atoms with Crippen LogP contribution in [0.1, 0.15) is 33.2 Å². The third-order valence-corrected chi connectivity index (χ3v) is 4.26. The third-order valence-electron chi connectivity index (χ3n) is 4.05. The van der Waals surface area contributed by atoms with Crippen LogP contribution in [0.15, 0.2) is 48.5 Å². The van der Waals surface area contributed by atoms with Crippen LogP contribution in [-0.2, 0) is 11.2 Å². The lowest BCUT2D eigenvalue weighted by atomic mass is 10.1. The second-order valence-corrected chi connectivity index (χ2v) is 6.20. The zero-order valence-electron chi connectivity index (χ0n) is 14.1. The summed E-state index contributed by atoms with van der Waals surface area (Å²) in [5.41, 5.74) is 2.55. The minimum absolute atomic E-state index is 0.107. The van der Waals surface area contributed by atoms with Crippen LogP contribution in [0.25, 0.3) is 0 Å².